The van der Waals surface area contributed by atoms with Crippen LogP contribution in [0.25, 0.3) is 0 Å². The first kappa shape index (κ1) is 24.2. The van der Waals surface area contributed by atoms with Gasteiger partial charge in [0.15, 0.2) is 5.96 Å². The fourth-order valence-electron chi connectivity index (χ4n) is 2.29. The van der Waals surface area contributed by atoms with Gasteiger partial charge in [-0.2, -0.15) is 0 Å². The molecule has 4 N–H and O–H groups in total. The van der Waals surface area contributed by atoms with Crippen molar-refractivity contribution >= 4 is 16.0 Å². The number of hydrogen-bond acceptors (Lipinski definition) is 5. The van der Waals surface area contributed by atoms with Crippen LogP contribution in [0.1, 0.15) is 45.8 Å². The zero-order chi connectivity index (χ0) is 21.0. The Balaban J connectivity index is 2.49. The Kier molecular flexibility index (Phi) is 10.9. The molecular weight excluding hydrogens is 380 g/mol. The number of aliphatic imine (C=N–C) groups is 1. The zero-order valence-electron chi connectivity index (χ0n) is 17.2. The predicted octanol–water partition coefficient (Wildman–Crippen LogP) is 1.39. The van der Waals surface area contributed by atoms with Gasteiger partial charge >= 0.3 is 0 Å². The lowest BCUT2D eigenvalue weighted by atomic mass is 10.1. The van der Waals surface area contributed by atoms with Crippen LogP contribution in [-0.2, 0) is 10.0 Å². The Hall–Kier alpha value is -1.84. The fourth-order valence-corrected chi connectivity index (χ4v) is 2.95. The molecule has 0 amide bonds. The fraction of sp³-hybridized carbons (Fsp3) is 0.632. The highest BCUT2D eigenvalue weighted by atomic mass is 32.2. The van der Waals surface area contributed by atoms with Crippen LogP contribution < -0.4 is 20.1 Å². The van der Waals surface area contributed by atoms with Crippen LogP contribution in [0, 0.1) is 0 Å². The summed E-state index contributed by atoms with van der Waals surface area (Å²) in [5.41, 5.74) is 0.768. The Morgan fingerprint density at radius 2 is 1.82 bits per heavy atom. The third kappa shape index (κ3) is 9.91. The molecule has 1 aromatic rings. The van der Waals surface area contributed by atoms with Crippen molar-refractivity contribution in [3.05, 3.63) is 29.8 Å². The van der Waals surface area contributed by atoms with E-state index in [0.29, 0.717) is 32.0 Å². The molecule has 0 aromatic heterocycles. The summed E-state index contributed by atoms with van der Waals surface area (Å²) in [6.45, 7) is 9.32. The summed E-state index contributed by atoms with van der Waals surface area (Å²) in [7, 11) is -3.16. The number of sulfonamides is 1. The zero-order valence-corrected chi connectivity index (χ0v) is 18.1. The van der Waals surface area contributed by atoms with E-state index >= 15 is 0 Å². The van der Waals surface area contributed by atoms with Gasteiger partial charge in [-0.05, 0) is 51.8 Å². The number of guanidine groups is 1. The van der Waals surface area contributed by atoms with Gasteiger partial charge in [0, 0.05) is 19.6 Å². The molecule has 0 saturated heterocycles. The first-order chi connectivity index (χ1) is 13.3. The smallest absolute Gasteiger partial charge is 0.211 e. The number of ether oxygens (including phenoxy) is 1. The van der Waals surface area contributed by atoms with Crippen molar-refractivity contribution in [3.8, 4) is 5.75 Å². The largest absolute Gasteiger partial charge is 0.491 e. The van der Waals surface area contributed by atoms with Crippen molar-refractivity contribution in [1.82, 2.24) is 15.4 Å². The van der Waals surface area contributed by atoms with Gasteiger partial charge in [0.25, 0.3) is 0 Å². The minimum atomic E-state index is -3.16. The van der Waals surface area contributed by atoms with Gasteiger partial charge in [0.1, 0.15) is 5.75 Å². The SMILES string of the molecule is CCNC(=NCC(O)c1ccc(OC(C)C)cc1)NCCCNS(=O)(=O)CC. The normalized spacial score (nSPS) is 13.4. The third-order valence-corrected chi connectivity index (χ3v) is 5.16. The van der Waals surface area contributed by atoms with Crippen LogP contribution in [0.15, 0.2) is 29.3 Å². The Morgan fingerprint density at radius 1 is 1.14 bits per heavy atom. The molecule has 9 heteroatoms. The van der Waals surface area contributed by atoms with Gasteiger partial charge in [0.05, 0.1) is 24.5 Å². The molecule has 1 atom stereocenters. The molecule has 0 radical (unpaired) electrons. The Labute approximate surface area is 168 Å². The number of aliphatic hydroxyl groups excluding tert-OH is 1. The molecule has 28 heavy (non-hydrogen) atoms. The minimum absolute atomic E-state index is 0.0764. The second-order valence-electron chi connectivity index (χ2n) is 6.55. The number of nitrogens with one attached hydrogen (secondary N) is 3. The number of hydrogen-bond donors (Lipinski definition) is 4. The van der Waals surface area contributed by atoms with E-state index in [1.807, 2.05) is 45.0 Å². The molecule has 0 bridgehead atoms. The maximum absolute atomic E-state index is 11.4. The van der Waals surface area contributed by atoms with Gasteiger partial charge < -0.3 is 20.5 Å². The summed E-state index contributed by atoms with van der Waals surface area (Å²) in [5, 5.41) is 16.6. The average Bonchev–Trinajstić information content (AvgIpc) is 2.65. The second-order valence-corrected chi connectivity index (χ2v) is 8.64. The lowest BCUT2D eigenvalue weighted by Crippen LogP contribution is -2.39. The Morgan fingerprint density at radius 3 is 2.39 bits per heavy atom. The van der Waals surface area contributed by atoms with Crippen LogP contribution >= 0.6 is 0 Å². The summed E-state index contributed by atoms with van der Waals surface area (Å²) >= 11 is 0. The molecule has 0 aliphatic heterocycles. The Bertz CT molecular complexity index is 690. The van der Waals surface area contributed by atoms with Gasteiger partial charge in [0.2, 0.25) is 10.0 Å². The van der Waals surface area contributed by atoms with Crippen molar-refractivity contribution in [2.75, 3.05) is 31.9 Å². The molecule has 0 aliphatic rings. The van der Waals surface area contributed by atoms with Gasteiger partial charge in [-0.15, -0.1) is 0 Å². The van der Waals surface area contributed by atoms with Gasteiger partial charge in [-0.25, -0.2) is 13.1 Å². The lowest BCUT2D eigenvalue weighted by Gasteiger charge is -2.14. The van der Waals surface area contributed by atoms with E-state index in [2.05, 4.69) is 20.3 Å². The van der Waals surface area contributed by atoms with E-state index in [1.54, 1.807) is 6.92 Å². The lowest BCUT2D eigenvalue weighted by molar-refractivity contribution is 0.186. The van der Waals surface area contributed by atoms with E-state index in [1.165, 1.54) is 0 Å². The molecule has 0 aliphatic carbocycles. The molecule has 0 spiro atoms. The van der Waals surface area contributed by atoms with E-state index in [4.69, 9.17) is 4.74 Å². The van der Waals surface area contributed by atoms with Gasteiger partial charge in [-0.1, -0.05) is 12.1 Å². The van der Waals surface area contributed by atoms with Crippen LogP contribution in [0.4, 0.5) is 0 Å². The van der Waals surface area contributed by atoms with Crippen LogP contribution in [0.2, 0.25) is 0 Å². The third-order valence-electron chi connectivity index (χ3n) is 3.75. The maximum atomic E-state index is 11.4. The summed E-state index contributed by atoms with van der Waals surface area (Å²) in [5.74, 6) is 1.43. The molecule has 0 heterocycles. The van der Waals surface area contributed by atoms with Crippen molar-refractivity contribution in [2.45, 2.75) is 46.3 Å². The highest BCUT2D eigenvalue weighted by molar-refractivity contribution is 7.89. The molecule has 1 aromatic carbocycles. The van der Waals surface area contributed by atoms with Crippen LogP contribution in [0.3, 0.4) is 0 Å². The van der Waals surface area contributed by atoms with Crippen molar-refractivity contribution in [3.63, 3.8) is 0 Å². The first-order valence-corrected chi connectivity index (χ1v) is 11.4. The minimum Gasteiger partial charge on any atom is -0.491 e. The molecule has 1 rings (SSSR count). The first-order valence-electron chi connectivity index (χ1n) is 9.71. The van der Waals surface area contributed by atoms with E-state index in [9.17, 15) is 13.5 Å². The standard InChI is InChI=1S/C19H34N4O4S/c1-5-20-19(21-12-7-13-23-28(25,26)6-2)22-14-18(24)16-8-10-17(11-9-16)27-15(3)4/h8-11,15,18,23-24H,5-7,12-14H2,1-4H3,(H2,20,21,22). The summed E-state index contributed by atoms with van der Waals surface area (Å²) < 4.78 is 30.9. The molecule has 8 nitrogen and oxygen atoms in total. The molecular formula is C19H34N4O4S. The molecule has 1 unspecified atom stereocenters. The van der Waals surface area contributed by atoms with Crippen molar-refractivity contribution in [2.24, 2.45) is 4.99 Å². The summed E-state index contributed by atoms with van der Waals surface area (Å²) in [6, 6.07) is 7.34. The van der Waals surface area contributed by atoms with Crippen molar-refractivity contribution < 1.29 is 18.3 Å². The topological polar surface area (TPSA) is 112 Å². The van der Waals surface area contributed by atoms with Gasteiger partial charge in [-0.3, -0.25) is 4.99 Å². The van der Waals surface area contributed by atoms with Crippen LogP contribution in [0.5, 0.6) is 5.75 Å². The van der Waals surface area contributed by atoms with E-state index in [0.717, 1.165) is 11.3 Å². The predicted molar refractivity (Wildman–Crippen MR) is 113 cm³/mol. The highest BCUT2D eigenvalue weighted by Gasteiger charge is 2.09. The van der Waals surface area contributed by atoms with E-state index in [-0.39, 0.29) is 18.4 Å². The van der Waals surface area contributed by atoms with Crippen molar-refractivity contribution in [1.29, 1.82) is 0 Å². The maximum Gasteiger partial charge on any atom is 0.211 e. The van der Waals surface area contributed by atoms with Crippen LogP contribution in [-0.4, -0.2) is 57.5 Å². The summed E-state index contributed by atoms with van der Waals surface area (Å²) in [6.07, 6.45) is 0.00934. The summed E-state index contributed by atoms with van der Waals surface area (Å²) in [4.78, 5) is 4.40. The molecule has 0 fully saturated rings. The molecule has 160 valence electrons. The van der Waals surface area contributed by atoms with E-state index < -0.39 is 16.1 Å². The number of benzene rings is 1. The quantitative estimate of drug-likeness (QED) is 0.234. The number of rotatable bonds is 12. The number of nitrogens with zero attached hydrogens (tertiary/aromatic N) is 1. The number of aliphatic hydroxyl groups is 1. The molecule has 0 saturated carbocycles. The average molecular weight is 415 g/mol. The monoisotopic (exact) mass is 414 g/mol. The highest BCUT2D eigenvalue weighted by Crippen LogP contribution is 2.19. The second kappa shape index (κ2) is 12.6.